The SMILES string of the molecule is CS(=O)(=O)N1CCCN(c2ccc3c(n2)N(C(=O)Nc2ccncn2)C2CCCN3C2)CC1. The molecule has 2 aromatic heterocycles. The molecule has 0 spiro atoms. The first-order valence-corrected chi connectivity index (χ1v) is 13.1. The summed E-state index contributed by atoms with van der Waals surface area (Å²) in [5.41, 5.74) is 0.945. The zero-order valence-electron chi connectivity index (χ0n) is 18.6. The van der Waals surface area contributed by atoms with E-state index in [1.165, 1.54) is 16.9 Å². The van der Waals surface area contributed by atoms with E-state index in [0.29, 0.717) is 37.8 Å². The molecule has 2 aromatic rings. The topological polar surface area (TPSA) is 115 Å². The third-order valence-corrected chi connectivity index (χ3v) is 7.76. The van der Waals surface area contributed by atoms with Crippen LogP contribution < -0.4 is 20.0 Å². The molecule has 2 bridgehead atoms. The van der Waals surface area contributed by atoms with E-state index in [9.17, 15) is 13.2 Å². The highest BCUT2D eigenvalue weighted by Gasteiger charge is 2.38. The molecule has 3 aliphatic heterocycles. The number of hydrogen-bond acceptors (Lipinski definition) is 8. The lowest BCUT2D eigenvalue weighted by Gasteiger charge is -2.46. The average Bonchev–Trinajstić information content (AvgIpc) is 3.06. The van der Waals surface area contributed by atoms with Crippen LogP contribution in [0.4, 0.5) is 27.9 Å². The summed E-state index contributed by atoms with van der Waals surface area (Å²) in [6.07, 6.45) is 6.88. The van der Waals surface area contributed by atoms with Crippen LogP contribution in [0.25, 0.3) is 0 Å². The molecule has 2 fully saturated rings. The Hall–Kier alpha value is -2.99. The third kappa shape index (κ3) is 4.44. The van der Waals surface area contributed by atoms with E-state index in [2.05, 4.69) is 25.1 Å². The number of carbonyl (C=O) groups excluding carboxylic acids is 1. The minimum Gasteiger partial charge on any atom is -0.366 e. The van der Waals surface area contributed by atoms with Crippen LogP contribution in [0.3, 0.4) is 0 Å². The molecule has 1 N–H and O–H groups in total. The number of carbonyl (C=O) groups is 1. The van der Waals surface area contributed by atoms with Crippen molar-refractivity contribution in [2.75, 3.05) is 65.5 Å². The summed E-state index contributed by atoms with van der Waals surface area (Å²) in [7, 11) is -3.22. The summed E-state index contributed by atoms with van der Waals surface area (Å²) in [5.74, 6) is 1.84. The molecular formula is C21H28N8O3S. The molecule has 0 saturated carbocycles. The number of urea groups is 1. The van der Waals surface area contributed by atoms with E-state index < -0.39 is 10.0 Å². The van der Waals surface area contributed by atoms with Crippen molar-refractivity contribution in [3.63, 3.8) is 0 Å². The molecule has 5 heterocycles. The summed E-state index contributed by atoms with van der Waals surface area (Å²) < 4.78 is 25.5. The van der Waals surface area contributed by atoms with E-state index >= 15 is 0 Å². The molecule has 5 rings (SSSR count). The van der Waals surface area contributed by atoms with Crippen LogP contribution in [0.1, 0.15) is 19.3 Å². The molecule has 2 saturated heterocycles. The van der Waals surface area contributed by atoms with Gasteiger partial charge in [0.15, 0.2) is 5.82 Å². The van der Waals surface area contributed by atoms with Crippen LogP contribution in [-0.4, -0.2) is 85.3 Å². The van der Waals surface area contributed by atoms with Gasteiger partial charge in [0.2, 0.25) is 10.0 Å². The minimum absolute atomic E-state index is 0.0284. The number of nitrogens with zero attached hydrogens (tertiary/aromatic N) is 7. The Labute approximate surface area is 193 Å². The van der Waals surface area contributed by atoms with Crippen molar-refractivity contribution in [2.45, 2.75) is 25.3 Å². The minimum atomic E-state index is -3.22. The normalized spacial score (nSPS) is 21.4. The quantitative estimate of drug-likeness (QED) is 0.712. The van der Waals surface area contributed by atoms with Crippen LogP contribution in [0.15, 0.2) is 30.7 Å². The Morgan fingerprint density at radius 2 is 1.91 bits per heavy atom. The van der Waals surface area contributed by atoms with E-state index in [-0.39, 0.29) is 12.1 Å². The molecule has 0 aliphatic carbocycles. The highest BCUT2D eigenvalue weighted by Crippen LogP contribution is 2.39. The number of hydrogen-bond donors (Lipinski definition) is 1. The fourth-order valence-corrected chi connectivity index (χ4v) is 5.71. The average molecular weight is 473 g/mol. The number of anilines is 4. The Bertz CT molecular complexity index is 1130. The van der Waals surface area contributed by atoms with Crippen molar-refractivity contribution in [2.24, 2.45) is 0 Å². The molecule has 33 heavy (non-hydrogen) atoms. The van der Waals surface area contributed by atoms with Crippen molar-refractivity contribution in [3.8, 4) is 0 Å². The van der Waals surface area contributed by atoms with Crippen molar-refractivity contribution >= 4 is 39.2 Å². The standard InChI is InChI=1S/C21H28N8O3S/c1-33(31,32)28-11-3-10-26(12-13-28)19-6-5-17-20(25-19)29(16-4-2-9-27(17)14-16)21(30)24-18-7-8-22-15-23-18/h5-8,15-16H,2-4,9-14H2,1H3,(H,22,23,24,30). The van der Waals surface area contributed by atoms with E-state index in [0.717, 1.165) is 43.9 Å². The number of aromatic nitrogens is 3. The van der Waals surface area contributed by atoms with Crippen LogP contribution in [-0.2, 0) is 10.0 Å². The number of fused-ring (bicyclic) bond motifs is 4. The second-order valence-electron chi connectivity index (χ2n) is 8.65. The predicted molar refractivity (Wildman–Crippen MR) is 126 cm³/mol. The van der Waals surface area contributed by atoms with Gasteiger partial charge in [0.25, 0.3) is 0 Å². The van der Waals surface area contributed by atoms with Gasteiger partial charge in [-0.2, -0.15) is 0 Å². The van der Waals surface area contributed by atoms with Gasteiger partial charge in [0.05, 0.1) is 18.0 Å². The lowest BCUT2D eigenvalue weighted by molar-refractivity contribution is 0.252. The van der Waals surface area contributed by atoms with Crippen molar-refractivity contribution in [1.29, 1.82) is 0 Å². The fraction of sp³-hybridized carbons (Fsp3) is 0.524. The fourth-order valence-electron chi connectivity index (χ4n) is 4.84. The van der Waals surface area contributed by atoms with E-state index in [1.807, 2.05) is 12.1 Å². The number of amides is 2. The number of piperidine rings is 1. The maximum atomic E-state index is 13.3. The summed E-state index contributed by atoms with van der Waals surface area (Å²) in [6.45, 7) is 3.91. The Morgan fingerprint density at radius 1 is 1.06 bits per heavy atom. The molecule has 11 nitrogen and oxygen atoms in total. The summed E-state index contributed by atoms with van der Waals surface area (Å²) in [5, 5.41) is 2.88. The molecule has 176 valence electrons. The number of pyridine rings is 1. The first-order chi connectivity index (χ1) is 15.9. The largest absolute Gasteiger partial charge is 0.366 e. The molecule has 3 aliphatic rings. The Kier molecular flexibility index (Phi) is 5.79. The maximum absolute atomic E-state index is 13.3. The van der Waals surface area contributed by atoms with Gasteiger partial charge in [-0.15, -0.1) is 0 Å². The molecule has 1 atom stereocenters. The lowest BCUT2D eigenvalue weighted by Crippen LogP contribution is -2.56. The van der Waals surface area contributed by atoms with Crippen molar-refractivity contribution in [1.82, 2.24) is 19.3 Å². The highest BCUT2D eigenvalue weighted by molar-refractivity contribution is 7.88. The molecule has 0 radical (unpaired) electrons. The van der Waals surface area contributed by atoms with Gasteiger partial charge in [0.1, 0.15) is 18.0 Å². The monoisotopic (exact) mass is 472 g/mol. The van der Waals surface area contributed by atoms with E-state index in [4.69, 9.17) is 4.98 Å². The second kappa shape index (κ2) is 8.75. The van der Waals surface area contributed by atoms with E-state index in [1.54, 1.807) is 17.2 Å². The van der Waals surface area contributed by atoms with Crippen LogP contribution >= 0.6 is 0 Å². The summed E-state index contributed by atoms with van der Waals surface area (Å²) in [6, 6.07) is 5.43. The molecule has 12 heteroatoms. The first kappa shape index (κ1) is 21.8. The predicted octanol–water partition coefficient (Wildman–Crippen LogP) is 1.36. The highest BCUT2D eigenvalue weighted by atomic mass is 32.2. The van der Waals surface area contributed by atoms with Crippen LogP contribution in [0.2, 0.25) is 0 Å². The summed E-state index contributed by atoms with van der Waals surface area (Å²) in [4.78, 5) is 32.5. The van der Waals surface area contributed by atoms with Gasteiger partial charge in [-0.1, -0.05) is 0 Å². The summed E-state index contributed by atoms with van der Waals surface area (Å²) >= 11 is 0. The third-order valence-electron chi connectivity index (χ3n) is 6.45. The van der Waals surface area contributed by atoms with Gasteiger partial charge in [-0.3, -0.25) is 10.2 Å². The maximum Gasteiger partial charge on any atom is 0.329 e. The van der Waals surface area contributed by atoms with Crippen molar-refractivity contribution in [3.05, 3.63) is 30.7 Å². The first-order valence-electron chi connectivity index (χ1n) is 11.2. The van der Waals surface area contributed by atoms with Gasteiger partial charge in [-0.25, -0.2) is 32.5 Å². The van der Waals surface area contributed by atoms with Crippen LogP contribution in [0, 0.1) is 0 Å². The van der Waals surface area contributed by atoms with Gasteiger partial charge < -0.3 is 9.80 Å². The number of rotatable bonds is 3. The van der Waals surface area contributed by atoms with Gasteiger partial charge >= 0.3 is 6.03 Å². The lowest BCUT2D eigenvalue weighted by atomic mass is 10.00. The zero-order chi connectivity index (χ0) is 23.0. The Balaban J connectivity index is 1.44. The Morgan fingerprint density at radius 3 is 2.70 bits per heavy atom. The van der Waals surface area contributed by atoms with Crippen molar-refractivity contribution < 1.29 is 13.2 Å². The molecular weight excluding hydrogens is 444 g/mol. The number of sulfonamides is 1. The van der Waals surface area contributed by atoms with Gasteiger partial charge in [0, 0.05) is 45.5 Å². The molecule has 1 unspecified atom stereocenters. The second-order valence-corrected chi connectivity index (χ2v) is 10.6. The van der Waals surface area contributed by atoms with Gasteiger partial charge in [-0.05, 0) is 37.5 Å². The zero-order valence-corrected chi connectivity index (χ0v) is 19.4. The van der Waals surface area contributed by atoms with Crippen LogP contribution in [0.5, 0.6) is 0 Å². The number of nitrogens with one attached hydrogen (secondary N) is 1. The molecule has 2 amide bonds. The molecule has 0 aromatic carbocycles. The smallest absolute Gasteiger partial charge is 0.329 e.